The van der Waals surface area contributed by atoms with Gasteiger partial charge in [0, 0.05) is 11.8 Å². The Morgan fingerprint density at radius 2 is 1.64 bits per heavy atom. The predicted molar refractivity (Wildman–Crippen MR) is 122 cm³/mol. The highest BCUT2D eigenvalue weighted by Gasteiger charge is 2.47. The van der Waals surface area contributed by atoms with E-state index >= 15 is 0 Å². The van der Waals surface area contributed by atoms with Crippen LogP contribution in [-0.2, 0) is 9.59 Å². The van der Waals surface area contributed by atoms with E-state index in [0.717, 1.165) is 0 Å². The summed E-state index contributed by atoms with van der Waals surface area (Å²) in [6.07, 6.45) is 0. The van der Waals surface area contributed by atoms with Crippen molar-refractivity contribution in [2.24, 2.45) is 0 Å². The van der Waals surface area contributed by atoms with Crippen molar-refractivity contribution < 1.29 is 28.9 Å². The van der Waals surface area contributed by atoms with E-state index in [-0.39, 0.29) is 11.3 Å². The van der Waals surface area contributed by atoms with Crippen LogP contribution < -0.4 is 19.1 Å². The van der Waals surface area contributed by atoms with Gasteiger partial charge in [-0.3, -0.25) is 14.5 Å². The number of benzene rings is 3. The molecule has 1 N–H and O–H groups in total. The van der Waals surface area contributed by atoms with E-state index in [2.05, 4.69) is 0 Å². The Balaban J connectivity index is 1.71. The normalized spacial score (nSPS) is 18.9. The maximum Gasteiger partial charge on any atom is 0.300 e. The van der Waals surface area contributed by atoms with Gasteiger partial charge in [0.05, 0.1) is 24.3 Å². The fourth-order valence-corrected chi connectivity index (χ4v) is 4.22. The molecule has 0 bridgehead atoms. The molecule has 1 unspecified atom stereocenters. The van der Waals surface area contributed by atoms with Gasteiger partial charge in [-0.2, -0.15) is 0 Å². The molecule has 0 aromatic heterocycles. The summed E-state index contributed by atoms with van der Waals surface area (Å²) in [5.41, 5.74) is 1.48. The average molecular weight is 443 g/mol. The Kier molecular flexibility index (Phi) is 5.22. The lowest BCUT2D eigenvalue weighted by Crippen LogP contribution is -2.29. The van der Waals surface area contributed by atoms with Gasteiger partial charge in [0.15, 0.2) is 11.5 Å². The van der Waals surface area contributed by atoms with Crippen LogP contribution in [0.4, 0.5) is 5.69 Å². The Bertz CT molecular complexity index is 1270. The van der Waals surface area contributed by atoms with Crippen LogP contribution in [-0.4, -0.2) is 37.1 Å². The Labute approximate surface area is 190 Å². The van der Waals surface area contributed by atoms with Gasteiger partial charge in [0.1, 0.15) is 24.7 Å². The van der Waals surface area contributed by atoms with E-state index in [0.29, 0.717) is 47.3 Å². The third-order valence-corrected chi connectivity index (χ3v) is 5.73. The number of aliphatic hydroxyl groups excluding tert-OH is 1. The predicted octanol–water partition coefficient (Wildman–Crippen LogP) is 4.09. The number of carbonyl (C=O) groups excluding carboxylic acids is 2. The zero-order valence-electron chi connectivity index (χ0n) is 17.9. The molecule has 0 aliphatic carbocycles. The van der Waals surface area contributed by atoms with Crippen LogP contribution in [0.1, 0.15) is 17.2 Å². The van der Waals surface area contributed by atoms with Crippen molar-refractivity contribution in [2.75, 3.05) is 25.2 Å². The number of Topliss-reactive ketones (excluding diaryl/α,β-unsaturated/α-hetero) is 1. The smallest absolute Gasteiger partial charge is 0.300 e. The molecule has 7 nitrogen and oxygen atoms in total. The second kappa shape index (κ2) is 8.35. The quantitative estimate of drug-likeness (QED) is 0.371. The molecule has 33 heavy (non-hydrogen) atoms. The third kappa shape index (κ3) is 3.47. The van der Waals surface area contributed by atoms with Crippen LogP contribution in [0.5, 0.6) is 17.2 Å². The molecule has 0 saturated carbocycles. The molecule has 1 saturated heterocycles. The molecule has 2 aliphatic rings. The molecular formula is C26H21NO6. The Morgan fingerprint density at radius 1 is 0.939 bits per heavy atom. The van der Waals surface area contributed by atoms with Crippen LogP contribution in [0.3, 0.4) is 0 Å². The van der Waals surface area contributed by atoms with E-state index in [9.17, 15) is 14.7 Å². The number of amides is 1. The second-order valence-corrected chi connectivity index (χ2v) is 7.61. The number of methoxy groups -OCH3 is 1. The number of carbonyl (C=O) groups is 2. The molecular weight excluding hydrogens is 422 g/mol. The summed E-state index contributed by atoms with van der Waals surface area (Å²) in [6, 6.07) is 20.2. The van der Waals surface area contributed by atoms with Crippen LogP contribution in [0.15, 0.2) is 78.4 Å². The number of ketones is 1. The highest BCUT2D eigenvalue weighted by atomic mass is 16.6. The standard InChI is InChI=1S/C26H21NO6/c1-31-19-10-6-5-9-18(19)24(28)22-23(16-7-3-2-4-8-16)27(26(30)25(22)29)17-11-12-20-21(15-17)33-14-13-32-20/h2-12,15,23,28H,13-14H2,1H3/b24-22+. The Morgan fingerprint density at radius 3 is 2.39 bits per heavy atom. The highest BCUT2D eigenvalue weighted by Crippen LogP contribution is 2.45. The molecule has 0 spiro atoms. The van der Waals surface area contributed by atoms with Crippen LogP contribution in [0.2, 0.25) is 0 Å². The number of nitrogens with zero attached hydrogens (tertiary/aromatic N) is 1. The number of rotatable bonds is 4. The van der Waals surface area contributed by atoms with Crippen molar-refractivity contribution in [1.82, 2.24) is 0 Å². The van der Waals surface area contributed by atoms with Gasteiger partial charge in [-0.15, -0.1) is 0 Å². The van der Waals surface area contributed by atoms with Crippen molar-refractivity contribution in [3.05, 3.63) is 89.5 Å². The molecule has 1 amide bonds. The summed E-state index contributed by atoms with van der Waals surface area (Å²) < 4.78 is 16.6. The maximum absolute atomic E-state index is 13.3. The van der Waals surface area contributed by atoms with Crippen molar-refractivity contribution in [3.8, 4) is 17.2 Å². The number of anilines is 1. The van der Waals surface area contributed by atoms with Gasteiger partial charge in [-0.05, 0) is 29.8 Å². The van der Waals surface area contributed by atoms with Gasteiger partial charge in [-0.25, -0.2) is 0 Å². The van der Waals surface area contributed by atoms with Gasteiger partial charge >= 0.3 is 0 Å². The topological polar surface area (TPSA) is 85.3 Å². The molecule has 3 aromatic carbocycles. The number of hydrogen-bond acceptors (Lipinski definition) is 6. The SMILES string of the molecule is COc1ccccc1/C(O)=C1\C(=O)C(=O)N(c2ccc3c(c2)OCCO3)C1c1ccccc1. The minimum atomic E-state index is -0.835. The maximum atomic E-state index is 13.3. The van der Waals surface area contributed by atoms with Crippen molar-refractivity contribution >= 4 is 23.1 Å². The largest absolute Gasteiger partial charge is 0.507 e. The average Bonchev–Trinajstić information content (AvgIpc) is 3.14. The molecule has 2 aliphatic heterocycles. The van der Waals surface area contributed by atoms with Gasteiger partial charge < -0.3 is 19.3 Å². The van der Waals surface area contributed by atoms with E-state index in [1.807, 2.05) is 30.3 Å². The first kappa shape index (κ1) is 20.6. The fourth-order valence-electron chi connectivity index (χ4n) is 4.22. The van der Waals surface area contributed by atoms with Crippen LogP contribution >= 0.6 is 0 Å². The molecule has 7 heteroatoms. The Hall–Kier alpha value is -4.26. The summed E-state index contributed by atoms with van der Waals surface area (Å²) in [5, 5.41) is 11.3. The zero-order valence-corrected chi connectivity index (χ0v) is 17.9. The minimum absolute atomic E-state index is 0.00871. The zero-order chi connectivity index (χ0) is 22.9. The number of hydrogen-bond donors (Lipinski definition) is 1. The van der Waals surface area contributed by atoms with Gasteiger partial charge in [-0.1, -0.05) is 42.5 Å². The van der Waals surface area contributed by atoms with Gasteiger partial charge in [0.25, 0.3) is 11.7 Å². The van der Waals surface area contributed by atoms with E-state index in [4.69, 9.17) is 14.2 Å². The van der Waals surface area contributed by atoms with E-state index in [1.54, 1.807) is 42.5 Å². The van der Waals surface area contributed by atoms with E-state index in [1.165, 1.54) is 12.0 Å². The summed E-state index contributed by atoms with van der Waals surface area (Å²) in [4.78, 5) is 27.9. The van der Waals surface area contributed by atoms with Crippen molar-refractivity contribution in [3.63, 3.8) is 0 Å². The number of aliphatic hydroxyl groups is 1. The minimum Gasteiger partial charge on any atom is -0.507 e. The first-order valence-electron chi connectivity index (χ1n) is 10.5. The molecule has 1 atom stereocenters. The summed E-state index contributed by atoms with van der Waals surface area (Å²) in [7, 11) is 1.48. The second-order valence-electron chi connectivity index (χ2n) is 7.61. The van der Waals surface area contributed by atoms with Crippen LogP contribution in [0.25, 0.3) is 5.76 Å². The van der Waals surface area contributed by atoms with E-state index < -0.39 is 17.7 Å². The molecule has 5 rings (SSSR count). The molecule has 1 fully saturated rings. The van der Waals surface area contributed by atoms with Crippen molar-refractivity contribution in [2.45, 2.75) is 6.04 Å². The molecule has 2 heterocycles. The molecule has 3 aromatic rings. The monoisotopic (exact) mass is 443 g/mol. The van der Waals surface area contributed by atoms with Crippen molar-refractivity contribution in [1.29, 1.82) is 0 Å². The fraction of sp³-hybridized carbons (Fsp3) is 0.154. The number of fused-ring (bicyclic) bond motifs is 1. The first-order chi connectivity index (χ1) is 16.1. The van der Waals surface area contributed by atoms with Crippen LogP contribution in [0, 0.1) is 0 Å². The number of para-hydroxylation sites is 1. The lowest BCUT2D eigenvalue weighted by molar-refractivity contribution is -0.132. The molecule has 166 valence electrons. The third-order valence-electron chi connectivity index (χ3n) is 5.73. The number of ether oxygens (including phenoxy) is 3. The summed E-state index contributed by atoms with van der Waals surface area (Å²) in [6.45, 7) is 0.838. The lowest BCUT2D eigenvalue weighted by Gasteiger charge is -2.27. The molecule has 0 radical (unpaired) electrons. The summed E-state index contributed by atoms with van der Waals surface area (Å²) >= 11 is 0. The lowest BCUT2D eigenvalue weighted by atomic mass is 9.95. The highest BCUT2D eigenvalue weighted by molar-refractivity contribution is 6.51. The first-order valence-corrected chi connectivity index (χ1v) is 10.5. The van der Waals surface area contributed by atoms with Gasteiger partial charge in [0.2, 0.25) is 0 Å². The summed E-state index contributed by atoms with van der Waals surface area (Å²) in [5.74, 6) is -0.338.